The maximum atomic E-state index is 12.7. The van der Waals surface area contributed by atoms with E-state index in [9.17, 15) is 9.90 Å². The summed E-state index contributed by atoms with van der Waals surface area (Å²) >= 11 is 5.92. The van der Waals surface area contributed by atoms with Gasteiger partial charge in [0.1, 0.15) is 0 Å². The Hall–Kier alpha value is -3.24. The summed E-state index contributed by atoms with van der Waals surface area (Å²) in [6.07, 6.45) is 4.86. The first-order valence-corrected chi connectivity index (χ1v) is 11.0. The largest absolute Gasteiger partial charge is 0.387 e. The average molecular weight is 463 g/mol. The van der Waals surface area contributed by atoms with Crippen molar-refractivity contribution in [3.63, 3.8) is 0 Å². The molecule has 0 bridgehead atoms. The van der Waals surface area contributed by atoms with E-state index in [0.29, 0.717) is 30.1 Å². The van der Waals surface area contributed by atoms with Gasteiger partial charge in [-0.15, -0.1) is 5.92 Å². The van der Waals surface area contributed by atoms with Crippen molar-refractivity contribution in [2.45, 2.75) is 32.0 Å². The van der Waals surface area contributed by atoms with Crippen LogP contribution >= 0.6 is 11.6 Å². The molecule has 2 atom stereocenters. The normalized spacial score (nSPS) is 12.4. The number of aromatic nitrogens is 2. The first kappa shape index (κ1) is 24.4. The molecule has 0 radical (unpaired) electrons. The zero-order valence-corrected chi connectivity index (χ0v) is 19.5. The van der Waals surface area contributed by atoms with E-state index in [2.05, 4.69) is 27.1 Å². The van der Waals surface area contributed by atoms with Crippen molar-refractivity contribution in [3.05, 3.63) is 94.5 Å². The van der Waals surface area contributed by atoms with Crippen molar-refractivity contribution in [3.8, 4) is 11.8 Å². The SMILES string of the molecule is CC#CC(Cc1ccc(C(=O)N(C)Cc2cnccn2)cc1)NCC(O)c1ccc(Cl)cc1. The zero-order chi connectivity index (χ0) is 23.6. The summed E-state index contributed by atoms with van der Waals surface area (Å²) in [5, 5.41) is 14.4. The van der Waals surface area contributed by atoms with Gasteiger partial charge in [0.2, 0.25) is 0 Å². The summed E-state index contributed by atoms with van der Waals surface area (Å²) < 4.78 is 0. The van der Waals surface area contributed by atoms with Crippen LogP contribution in [-0.4, -0.2) is 45.5 Å². The molecular formula is C26H27ClN4O2. The van der Waals surface area contributed by atoms with E-state index < -0.39 is 6.10 Å². The highest BCUT2D eigenvalue weighted by Crippen LogP contribution is 2.16. The molecule has 0 spiro atoms. The number of rotatable bonds is 9. The fraction of sp³-hybridized carbons (Fsp3) is 0.269. The molecule has 1 amide bonds. The second-order valence-electron chi connectivity index (χ2n) is 7.68. The lowest BCUT2D eigenvalue weighted by atomic mass is 10.0. The molecule has 2 aromatic carbocycles. The third-order valence-corrected chi connectivity index (χ3v) is 5.39. The van der Waals surface area contributed by atoms with E-state index in [1.165, 1.54) is 0 Å². The molecule has 1 heterocycles. The van der Waals surface area contributed by atoms with Crippen LogP contribution in [0.3, 0.4) is 0 Å². The quantitative estimate of drug-likeness (QED) is 0.474. The number of hydrogen-bond donors (Lipinski definition) is 2. The second-order valence-corrected chi connectivity index (χ2v) is 8.12. The first-order valence-electron chi connectivity index (χ1n) is 10.6. The molecule has 0 saturated heterocycles. The minimum Gasteiger partial charge on any atom is -0.387 e. The van der Waals surface area contributed by atoms with Crippen molar-refractivity contribution in [1.82, 2.24) is 20.2 Å². The maximum Gasteiger partial charge on any atom is 0.253 e. The number of benzene rings is 2. The zero-order valence-electron chi connectivity index (χ0n) is 18.7. The van der Waals surface area contributed by atoms with Crippen molar-refractivity contribution in [2.75, 3.05) is 13.6 Å². The highest BCUT2D eigenvalue weighted by atomic mass is 35.5. The molecule has 7 heteroatoms. The van der Waals surface area contributed by atoms with E-state index in [1.807, 2.05) is 36.4 Å². The smallest absolute Gasteiger partial charge is 0.253 e. The van der Waals surface area contributed by atoms with Crippen LogP contribution in [0.1, 0.15) is 40.2 Å². The number of carbonyl (C=O) groups is 1. The Kier molecular flexibility index (Phi) is 8.96. The Morgan fingerprint density at radius 1 is 1.15 bits per heavy atom. The van der Waals surface area contributed by atoms with Crippen LogP contribution in [0.4, 0.5) is 0 Å². The summed E-state index contributed by atoms with van der Waals surface area (Å²) in [5.41, 5.74) is 3.18. The van der Waals surface area contributed by atoms with E-state index >= 15 is 0 Å². The number of halogens is 1. The van der Waals surface area contributed by atoms with Gasteiger partial charge in [0.05, 0.1) is 30.6 Å². The minimum absolute atomic E-state index is 0.0821. The predicted octanol–water partition coefficient (Wildman–Crippen LogP) is 3.66. The summed E-state index contributed by atoms with van der Waals surface area (Å²) in [6, 6.07) is 14.5. The number of amides is 1. The molecule has 3 rings (SSSR count). The molecule has 3 aromatic rings. The first-order chi connectivity index (χ1) is 16.0. The molecule has 0 aliphatic carbocycles. The fourth-order valence-electron chi connectivity index (χ4n) is 3.37. The van der Waals surface area contributed by atoms with E-state index in [-0.39, 0.29) is 11.9 Å². The number of aliphatic hydroxyl groups excluding tert-OH is 1. The predicted molar refractivity (Wildman–Crippen MR) is 130 cm³/mol. The highest BCUT2D eigenvalue weighted by Gasteiger charge is 2.14. The van der Waals surface area contributed by atoms with Gasteiger partial charge in [-0.25, -0.2) is 0 Å². The van der Waals surface area contributed by atoms with Gasteiger partial charge < -0.3 is 15.3 Å². The van der Waals surface area contributed by atoms with Gasteiger partial charge in [-0.05, 0) is 48.7 Å². The highest BCUT2D eigenvalue weighted by molar-refractivity contribution is 6.30. The molecule has 1 aromatic heterocycles. The number of hydrogen-bond acceptors (Lipinski definition) is 5. The van der Waals surface area contributed by atoms with E-state index in [0.717, 1.165) is 16.8 Å². The maximum absolute atomic E-state index is 12.7. The number of aliphatic hydroxyl groups is 1. The number of nitrogens with one attached hydrogen (secondary N) is 1. The molecule has 0 fully saturated rings. The molecule has 0 aliphatic heterocycles. The van der Waals surface area contributed by atoms with Crippen molar-refractivity contribution in [2.24, 2.45) is 0 Å². The van der Waals surface area contributed by atoms with Crippen molar-refractivity contribution in [1.29, 1.82) is 0 Å². The van der Waals surface area contributed by atoms with E-state index in [4.69, 9.17) is 11.6 Å². The van der Waals surface area contributed by atoms with Gasteiger partial charge in [-0.2, -0.15) is 0 Å². The summed E-state index contributed by atoms with van der Waals surface area (Å²) in [7, 11) is 1.74. The van der Waals surface area contributed by atoms with Crippen LogP contribution in [-0.2, 0) is 13.0 Å². The third-order valence-electron chi connectivity index (χ3n) is 5.13. The molecule has 170 valence electrons. The Bertz CT molecular complexity index is 1090. The van der Waals surface area contributed by atoms with Crippen LogP contribution in [0.5, 0.6) is 0 Å². The lowest BCUT2D eigenvalue weighted by Gasteiger charge is -2.18. The van der Waals surface area contributed by atoms with Crippen LogP contribution in [0.2, 0.25) is 5.02 Å². The van der Waals surface area contributed by atoms with Crippen LogP contribution in [0.25, 0.3) is 0 Å². The molecule has 2 N–H and O–H groups in total. The third kappa shape index (κ3) is 7.40. The minimum atomic E-state index is -0.659. The number of carbonyl (C=O) groups excluding carboxylic acids is 1. The molecule has 0 saturated carbocycles. The van der Waals surface area contributed by atoms with E-state index in [1.54, 1.807) is 49.6 Å². The summed E-state index contributed by atoms with van der Waals surface area (Å²) in [4.78, 5) is 22.6. The Morgan fingerprint density at radius 2 is 1.88 bits per heavy atom. The summed E-state index contributed by atoms with van der Waals surface area (Å²) in [6.45, 7) is 2.55. The van der Waals surface area contributed by atoms with Gasteiger partial charge in [0.25, 0.3) is 5.91 Å². The standard InChI is InChI=1S/C26H27ClN4O2/c1-3-4-23(30-17-25(32)20-9-11-22(27)12-10-20)15-19-5-7-21(8-6-19)26(33)31(2)18-24-16-28-13-14-29-24/h5-14,16,23,25,30,32H,15,17-18H2,1-2H3. The lowest BCUT2D eigenvalue weighted by molar-refractivity contribution is 0.0783. The molecule has 2 unspecified atom stereocenters. The fourth-order valence-corrected chi connectivity index (χ4v) is 3.50. The van der Waals surface area contributed by atoms with Crippen molar-refractivity contribution >= 4 is 17.5 Å². The van der Waals surface area contributed by atoms with Gasteiger partial charge in [-0.1, -0.05) is 41.8 Å². The Labute approximate surface area is 199 Å². The molecular weight excluding hydrogens is 436 g/mol. The monoisotopic (exact) mass is 462 g/mol. The topological polar surface area (TPSA) is 78.4 Å². The van der Waals surface area contributed by atoms with Gasteiger partial charge in [0, 0.05) is 36.6 Å². The molecule has 0 aliphatic rings. The van der Waals surface area contributed by atoms with Crippen LogP contribution < -0.4 is 5.32 Å². The summed E-state index contributed by atoms with van der Waals surface area (Å²) in [5.74, 6) is 6.01. The number of nitrogens with zero attached hydrogens (tertiary/aromatic N) is 3. The molecule has 33 heavy (non-hydrogen) atoms. The van der Waals surface area contributed by atoms with Crippen LogP contribution in [0.15, 0.2) is 67.1 Å². The van der Waals surface area contributed by atoms with Gasteiger partial charge in [0.15, 0.2) is 0 Å². The van der Waals surface area contributed by atoms with Crippen molar-refractivity contribution < 1.29 is 9.90 Å². The lowest BCUT2D eigenvalue weighted by Crippen LogP contribution is -2.33. The van der Waals surface area contributed by atoms with Gasteiger partial charge >= 0.3 is 0 Å². The average Bonchev–Trinajstić information content (AvgIpc) is 2.83. The Morgan fingerprint density at radius 3 is 2.52 bits per heavy atom. The van der Waals surface area contributed by atoms with Gasteiger partial charge in [-0.3, -0.25) is 14.8 Å². The van der Waals surface area contributed by atoms with Crippen LogP contribution in [0, 0.1) is 11.8 Å². The molecule has 6 nitrogen and oxygen atoms in total. The second kappa shape index (κ2) is 12.1. The Balaban J connectivity index is 1.57.